The largest absolute Gasteiger partial charge is 0.410 e. The summed E-state index contributed by atoms with van der Waals surface area (Å²) in [5.41, 5.74) is -1.61. The molecule has 0 amide bonds. The summed E-state index contributed by atoms with van der Waals surface area (Å²) in [6.07, 6.45) is 10.5. The summed E-state index contributed by atoms with van der Waals surface area (Å²) in [5.74, 6) is 4.81. The van der Waals surface area contributed by atoms with Crippen molar-refractivity contribution in [1.82, 2.24) is 0 Å². The average Bonchev–Trinajstić information content (AvgIpc) is 2.15. The molecule has 0 heterocycles. The molecule has 0 fully saturated rings. The molecule has 2 N–H and O–H groups in total. The van der Waals surface area contributed by atoms with E-state index in [0.29, 0.717) is 0 Å². The number of rotatable bonds is 6. The van der Waals surface area contributed by atoms with Gasteiger partial charge in [-0.05, 0) is 27.7 Å². The van der Waals surface area contributed by atoms with Crippen molar-refractivity contribution in [2.45, 2.75) is 44.6 Å². The second-order valence-corrected chi connectivity index (χ2v) is 7.88. The van der Waals surface area contributed by atoms with Crippen molar-refractivity contribution in [2.75, 3.05) is 0 Å². The molecule has 0 aliphatic carbocycles. The van der Waals surface area contributed by atoms with Crippen molar-refractivity contribution in [3.63, 3.8) is 0 Å². The Labute approximate surface area is 107 Å². The zero-order chi connectivity index (χ0) is 13.7. The Morgan fingerprint density at radius 1 is 0.941 bits per heavy atom. The van der Waals surface area contributed by atoms with Crippen molar-refractivity contribution >= 4 is 18.6 Å². The van der Waals surface area contributed by atoms with E-state index in [9.17, 15) is 9.59 Å². The molecule has 0 spiro atoms. The molecule has 0 rings (SSSR count). The Balaban J connectivity index is 4.20. The van der Waals surface area contributed by atoms with Crippen molar-refractivity contribution in [2.24, 2.45) is 0 Å². The molecular weight excluding hydrogens is 252 g/mol. The number of hydrogen-bond acceptors (Lipinski definition) is 4. The van der Waals surface area contributed by atoms with E-state index in [4.69, 9.17) is 21.7 Å². The van der Waals surface area contributed by atoms with Gasteiger partial charge in [-0.15, -0.1) is 12.8 Å². The van der Waals surface area contributed by atoms with E-state index in [0.717, 1.165) is 0 Å². The molecule has 0 unspecified atom stereocenters. The highest BCUT2D eigenvalue weighted by Gasteiger charge is 2.31. The van der Waals surface area contributed by atoms with E-state index < -0.39 is 29.8 Å². The molecule has 0 bridgehead atoms. The van der Waals surface area contributed by atoms with Gasteiger partial charge in [0.25, 0.3) is 0 Å². The maximum Gasteiger partial charge on any atom is 0.384 e. The third kappa shape index (κ3) is 7.34. The minimum atomic E-state index is -2.18. The Bertz CT molecular complexity index is 295. The van der Waals surface area contributed by atoms with Gasteiger partial charge in [0.15, 0.2) is 0 Å². The lowest BCUT2D eigenvalue weighted by Gasteiger charge is -2.24. The fourth-order valence-electron chi connectivity index (χ4n) is 0.850. The van der Waals surface area contributed by atoms with Crippen LogP contribution in [-0.2, 0) is 8.85 Å². The molecule has 0 aliphatic heterocycles. The molecule has 4 nitrogen and oxygen atoms in total. The van der Waals surface area contributed by atoms with Crippen LogP contribution in [0.25, 0.3) is 0 Å². The summed E-state index contributed by atoms with van der Waals surface area (Å²) >= 11 is 0. The van der Waals surface area contributed by atoms with Gasteiger partial charge in [0.2, 0.25) is 0 Å². The molecule has 0 saturated heterocycles. The molecule has 94 valence electrons. The van der Waals surface area contributed by atoms with Gasteiger partial charge >= 0.3 is 18.6 Å². The first-order valence-corrected chi connectivity index (χ1v) is 8.17. The van der Waals surface area contributed by atoms with Gasteiger partial charge in [0, 0.05) is 5.67 Å². The van der Waals surface area contributed by atoms with E-state index in [1.165, 1.54) is 0 Å². The molecule has 0 aromatic rings. The first kappa shape index (κ1) is 16.4. The molecule has 0 aromatic heterocycles. The van der Waals surface area contributed by atoms with E-state index >= 15 is 0 Å². The molecule has 6 heteroatoms. The van der Waals surface area contributed by atoms with E-state index in [1.54, 1.807) is 27.7 Å². The molecule has 0 atom stereocenters. The van der Waals surface area contributed by atoms with Crippen molar-refractivity contribution in [3.05, 3.63) is 0 Å². The highest BCUT2D eigenvalue weighted by molar-refractivity contribution is 6.63. The molecule has 0 saturated carbocycles. The third-order valence-corrected chi connectivity index (χ3v) is 5.66. The lowest BCUT2D eigenvalue weighted by atomic mass is 10.2. The Morgan fingerprint density at radius 3 is 1.47 bits per heavy atom. The minimum Gasteiger partial charge on any atom is -0.410 e. The van der Waals surface area contributed by atoms with Crippen molar-refractivity contribution < 1.29 is 18.4 Å². The predicted molar refractivity (Wildman–Crippen MR) is 68.7 cm³/mol. The first-order valence-electron chi connectivity index (χ1n) is 5.05. The van der Waals surface area contributed by atoms with Crippen LogP contribution in [0.4, 0.5) is 0 Å². The van der Waals surface area contributed by atoms with Gasteiger partial charge in [-0.25, -0.2) is 0 Å². The summed E-state index contributed by atoms with van der Waals surface area (Å²) in [4.78, 5) is 19.3. The Hall–Kier alpha value is -0.606. The molecule has 2 radical (unpaired) electrons. The van der Waals surface area contributed by atoms with Gasteiger partial charge in [0.1, 0.15) is 11.2 Å². The van der Waals surface area contributed by atoms with E-state index in [-0.39, 0.29) is 5.67 Å². The van der Waals surface area contributed by atoms with Gasteiger partial charge in [-0.3, -0.25) is 0 Å². The topological polar surface area (TPSA) is 58.9 Å². The van der Waals surface area contributed by atoms with Gasteiger partial charge in [0.05, 0.1) is 0 Å². The first-order chi connectivity index (χ1) is 7.62. The highest BCUT2D eigenvalue weighted by atomic mass is 28.4. The second kappa shape index (κ2) is 6.36. The molecular formula is C11H18O4Si2. The van der Waals surface area contributed by atoms with Crippen LogP contribution in [-0.4, -0.2) is 39.4 Å². The maximum absolute atomic E-state index is 9.67. The smallest absolute Gasteiger partial charge is 0.384 e. The summed E-state index contributed by atoms with van der Waals surface area (Å²) in [7, 11) is -4.36. The average molecular weight is 270 g/mol. The van der Waals surface area contributed by atoms with Gasteiger partial charge < -0.3 is 18.4 Å². The van der Waals surface area contributed by atoms with Crippen LogP contribution in [0.15, 0.2) is 0 Å². The van der Waals surface area contributed by atoms with Crippen LogP contribution in [0.3, 0.4) is 0 Å². The van der Waals surface area contributed by atoms with E-state index in [1.807, 2.05) is 0 Å². The third-order valence-electron chi connectivity index (χ3n) is 1.74. The maximum atomic E-state index is 9.67. The molecule has 0 aromatic carbocycles. The van der Waals surface area contributed by atoms with Crippen LogP contribution in [0, 0.1) is 24.7 Å². The summed E-state index contributed by atoms with van der Waals surface area (Å²) in [6, 6.07) is 0. The second-order valence-electron chi connectivity index (χ2n) is 4.48. The van der Waals surface area contributed by atoms with Crippen molar-refractivity contribution in [1.29, 1.82) is 0 Å². The lowest BCUT2D eigenvalue weighted by Crippen LogP contribution is -2.40. The Morgan fingerprint density at radius 2 is 1.24 bits per heavy atom. The normalized spacial score (nSPS) is 12.6. The number of hydrogen-bond donors (Lipinski definition) is 2. The van der Waals surface area contributed by atoms with Crippen LogP contribution in [0.1, 0.15) is 27.7 Å². The van der Waals surface area contributed by atoms with Gasteiger partial charge in [-0.2, -0.15) is 0 Å². The Kier molecular flexibility index (Phi) is 6.13. The summed E-state index contributed by atoms with van der Waals surface area (Å²) in [6.45, 7) is 6.68. The summed E-state index contributed by atoms with van der Waals surface area (Å²) < 4.78 is 10.5. The zero-order valence-electron chi connectivity index (χ0n) is 10.6. The SMILES string of the molecule is C#CC(C)(C)O[Si](O)C[Si](O)OC(C)(C)C#C. The summed E-state index contributed by atoms with van der Waals surface area (Å²) in [5, 5.41) is 0. The van der Waals surface area contributed by atoms with Gasteiger partial charge in [-0.1, -0.05) is 11.8 Å². The standard InChI is InChI=1S/C11H18O4Si2/c1-7-10(3,4)14-16(12)9-17(13)15-11(5,6)8-2/h1-2,12-13H,9H2,3-6H3. The lowest BCUT2D eigenvalue weighted by molar-refractivity contribution is 0.126. The predicted octanol–water partition coefficient (Wildman–Crippen LogP) is 0.343. The zero-order valence-corrected chi connectivity index (χ0v) is 12.6. The monoisotopic (exact) mass is 270 g/mol. The van der Waals surface area contributed by atoms with E-state index in [2.05, 4.69) is 11.8 Å². The molecule has 17 heavy (non-hydrogen) atoms. The minimum absolute atomic E-state index is 0.0750. The van der Waals surface area contributed by atoms with Crippen molar-refractivity contribution in [3.8, 4) is 24.7 Å². The fourth-order valence-corrected chi connectivity index (χ4v) is 3.76. The quantitative estimate of drug-likeness (QED) is 0.540. The van der Waals surface area contributed by atoms with Crippen LogP contribution >= 0.6 is 0 Å². The highest BCUT2D eigenvalue weighted by Crippen LogP contribution is 2.14. The van der Waals surface area contributed by atoms with Crippen LogP contribution in [0.5, 0.6) is 0 Å². The van der Waals surface area contributed by atoms with Crippen LogP contribution in [0.2, 0.25) is 5.67 Å². The molecule has 0 aliphatic rings. The van der Waals surface area contributed by atoms with Crippen LogP contribution < -0.4 is 0 Å². The fraction of sp³-hybridized carbons (Fsp3) is 0.636. The number of terminal acetylenes is 2.